The number of anilines is 1. The Kier molecular flexibility index (Phi) is 9.31. The zero-order valence-electron chi connectivity index (χ0n) is 23.4. The Hall–Kier alpha value is -4.36. The van der Waals surface area contributed by atoms with Crippen LogP contribution in [0.5, 0.6) is 11.5 Å². The first-order valence-corrected chi connectivity index (χ1v) is 15.0. The van der Waals surface area contributed by atoms with E-state index in [4.69, 9.17) is 18.6 Å². The second-order valence-corrected chi connectivity index (χ2v) is 11.7. The zero-order valence-corrected chi connectivity index (χ0v) is 24.2. The molecular formula is C31H32N2O9S. The number of hydrogen-bond acceptors (Lipinski definition) is 9. The van der Waals surface area contributed by atoms with Gasteiger partial charge in [-0.15, -0.1) is 0 Å². The minimum absolute atomic E-state index is 0.0205. The summed E-state index contributed by atoms with van der Waals surface area (Å²) in [6, 6.07) is 19.8. The maximum atomic E-state index is 13.3. The summed E-state index contributed by atoms with van der Waals surface area (Å²) in [5.74, 6) is -0.520. The largest absolute Gasteiger partial charge is 0.506 e. The van der Waals surface area contributed by atoms with Crippen molar-refractivity contribution >= 4 is 32.6 Å². The summed E-state index contributed by atoms with van der Waals surface area (Å²) in [6.45, 7) is -0.671. The third kappa shape index (κ3) is 6.83. The minimum Gasteiger partial charge on any atom is -0.506 e. The Balaban J connectivity index is 1.33. The van der Waals surface area contributed by atoms with E-state index in [1.54, 1.807) is 42.7 Å². The second kappa shape index (κ2) is 13.3. The first-order valence-electron chi connectivity index (χ1n) is 13.6. The highest BCUT2D eigenvalue weighted by Gasteiger charge is 2.31. The van der Waals surface area contributed by atoms with Gasteiger partial charge < -0.3 is 34.2 Å². The molecule has 0 bridgehead atoms. The summed E-state index contributed by atoms with van der Waals surface area (Å²) < 4.78 is 50.4. The van der Waals surface area contributed by atoms with Gasteiger partial charge in [0.05, 0.1) is 37.2 Å². The summed E-state index contributed by atoms with van der Waals surface area (Å²) in [5, 5.41) is 23.2. The van der Waals surface area contributed by atoms with Gasteiger partial charge >= 0.3 is 0 Å². The van der Waals surface area contributed by atoms with Gasteiger partial charge in [-0.1, -0.05) is 30.3 Å². The number of nitrogens with zero attached hydrogens (tertiary/aromatic N) is 1. The number of aliphatic hydroxyl groups is 1. The van der Waals surface area contributed by atoms with E-state index in [1.165, 1.54) is 25.3 Å². The van der Waals surface area contributed by atoms with Crippen LogP contribution in [0.1, 0.15) is 17.9 Å². The number of carbonyl (C=O) groups excluding carboxylic acids is 1. The molecule has 0 saturated carbocycles. The minimum atomic E-state index is -3.94. The highest BCUT2D eigenvalue weighted by atomic mass is 32.2. The lowest BCUT2D eigenvalue weighted by Crippen LogP contribution is -2.37. The quantitative estimate of drug-likeness (QED) is 0.201. The van der Waals surface area contributed by atoms with Crippen LogP contribution < -0.4 is 10.1 Å². The van der Waals surface area contributed by atoms with Crippen LogP contribution in [0.25, 0.3) is 11.0 Å². The first-order chi connectivity index (χ1) is 20.8. The van der Waals surface area contributed by atoms with Crippen LogP contribution in [0.3, 0.4) is 0 Å². The third-order valence-electron chi connectivity index (χ3n) is 7.03. The Bertz CT molecular complexity index is 1700. The number of fused-ring (bicyclic) bond motifs is 1. The summed E-state index contributed by atoms with van der Waals surface area (Å²) in [4.78, 5) is 13.3. The molecule has 12 heteroatoms. The average molecular weight is 609 g/mol. The van der Waals surface area contributed by atoms with Crippen LogP contribution in [-0.2, 0) is 24.3 Å². The van der Waals surface area contributed by atoms with Gasteiger partial charge in [-0.3, -0.25) is 4.79 Å². The number of sulfonamides is 1. The van der Waals surface area contributed by atoms with Gasteiger partial charge in [-0.05, 0) is 48.5 Å². The number of hydrogen-bond donors (Lipinski definition) is 3. The molecule has 0 aliphatic carbocycles. The van der Waals surface area contributed by atoms with Crippen molar-refractivity contribution in [2.45, 2.75) is 23.5 Å². The number of nitrogens with one attached hydrogen (secondary N) is 1. The number of para-hydroxylation sites is 3. The van der Waals surface area contributed by atoms with Crippen LogP contribution in [0.2, 0.25) is 0 Å². The number of ether oxygens (including phenoxy) is 3. The summed E-state index contributed by atoms with van der Waals surface area (Å²) in [6.07, 6.45) is 2.73. The number of aromatic hydroxyl groups is 1. The molecule has 1 aliphatic heterocycles. The van der Waals surface area contributed by atoms with Crippen molar-refractivity contribution in [3.05, 3.63) is 96.5 Å². The number of benzene rings is 3. The number of furan rings is 1. The molecule has 0 radical (unpaired) electrons. The van der Waals surface area contributed by atoms with Crippen LogP contribution in [0.4, 0.5) is 5.69 Å². The molecule has 5 rings (SSSR count). The van der Waals surface area contributed by atoms with Crippen LogP contribution in [-0.4, -0.2) is 68.5 Å². The predicted molar refractivity (Wildman–Crippen MR) is 158 cm³/mol. The van der Waals surface area contributed by atoms with E-state index in [9.17, 15) is 23.4 Å². The number of carbonyl (C=O) groups is 1. The second-order valence-electron chi connectivity index (χ2n) is 9.75. The topological polar surface area (TPSA) is 148 Å². The normalized spacial score (nSPS) is 17.0. The number of methoxy groups -OCH3 is 1. The number of aliphatic hydroxyl groups excluding tert-OH is 1. The van der Waals surface area contributed by atoms with E-state index in [1.807, 2.05) is 24.3 Å². The molecule has 0 saturated heterocycles. The molecule has 43 heavy (non-hydrogen) atoms. The summed E-state index contributed by atoms with van der Waals surface area (Å²) in [7, 11) is -2.45. The van der Waals surface area contributed by atoms with Gasteiger partial charge in [0.2, 0.25) is 16.3 Å². The van der Waals surface area contributed by atoms with Crippen LogP contribution in [0.15, 0.2) is 100 Å². The Morgan fingerprint density at radius 2 is 1.79 bits per heavy atom. The van der Waals surface area contributed by atoms with Crippen molar-refractivity contribution in [2.24, 2.45) is 0 Å². The monoisotopic (exact) mass is 608 g/mol. The fourth-order valence-electron chi connectivity index (χ4n) is 4.83. The molecule has 11 nitrogen and oxygen atoms in total. The summed E-state index contributed by atoms with van der Waals surface area (Å²) in [5.41, 5.74) is 1.75. The van der Waals surface area contributed by atoms with Crippen molar-refractivity contribution in [3.63, 3.8) is 0 Å². The SMILES string of the molecule is COc1ccc(S(=O)(=O)N(CCO)CCOC2CC(c3coc4ccccc34)C=C(C(=O)Nc3ccccc3O)O2)cc1. The Morgan fingerprint density at radius 3 is 2.53 bits per heavy atom. The number of phenolic OH excluding ortho intramolecular Hbond substituents is 1. The molecule has 2 heterocycles. The maximum absolute atomic E-state index is 13.3. The van der Waals surface area contributed by atoms with Crippen molar-refractivity contribution in [3.8, 4) is 11.5 Å². The van der Waals surface area contributed by atoms with Gasteiger partial charge in [0.1, 0.15) is 17.1 Å². The standard InChI is InChI=1S/C31H32N2O9S/c1-39-22-10-12-23(13-11-22)43(37,38)33(14-16-34)15-17-40-30-19-21(25-20-41-28-9-5-2-6-24(25)28)18-29(42-30)31(36)32-26-7-3-4-8-27(26)35/h2-13,18,20-21,30,34-35H,14-17,19H2,1H3,(H,32,36). The lowest BCUT2D eigenvalue weighted by molar-refractivity contribution is -0.143. The van der Waals surface area contributed by atoms with Crippen molar-refractivity contribution < 1.29 is 42.1 Å². The van der Waals surface area contributed by atoms with Crippen LogP contribution >= 0.6 is 0 Å². The van der Waals surface area contributed by atoms with Crippen molar-refractivity contribution in [1.29, 1.82) is 0 Å². The highest BCUT2D eigenvalue weighted by Crippen LogP contribution is 2.37. The van der Waals surface area contributed by atoms with Gasteiger partial charge in [0, 0.05) is 36.4 Å². The van der Waals surface area contributed by atoms with E-state index in [2.05, 4.69) is 5.32 Å². The van der Waals surface area contributed by atoms with Gasteiger partial charge in [0.15, 0.2) is 5.76 Å². The smallest absolute Gasteiger partial charge is 0.290 e. The van der Waals surface area contributed by atoms with Gasteiger partial charge in [-0.25, -0.2) is 8.42 Å². The van der Waals surface area contributed by atoms with Gasteiger partial charge in [0.25, 0.3) is 5.91 Å². The van der Waals surface area contributed by atoms with Crippen molar-refractivity contribution in [1.82, 2.24) is 4.31 Å². The molecule has 2 unspecified atom stereocenters. The molecule has 3 N–H and O–H groups in total. The molecule has 0 spiro atoms. The van der Waals surface area contributed by atoms with E-state index in [0.29, 0.717) is 17.8 Å². The maximum Gasteiger partial charge on any atom is 0.290 e. The Morgan fingerprint density at radius 1 is 1.05 bits per heavy atom. The van der Waals surface area contributed by atoms with Crippen molar-refractivity contribution in [2.75, 3.05) is 38.7 Å². The van der Waals surface area contributed by atoms with Crippen LogP contribution in [0, 0.1) is 0 Å². The number of amides is 1. The molecule has 4 aromatic rings. The molecule has 3 aromatic carbocycles. The molecule has 1 aliphatic rings. The lowest BCUT2D eigenvalue weighted by Gasteiger charge is -2.30. The molecular weight excluding hydrogens is 576 g/mol. The Labute approximate surface area is 249 Å². The number of phenols is 1. The summed E-state index contributed by atoms with van der Waals surface area (Å²) >= 11 is 0. The fraction of sp³-hybridized carbons (Fsp3) is 0.258. The third-order valence-corrected chi connectivity index (χ3v) is 8.95. The average Bonchev–Trinajstić information content (AvgIpc) is 3.46. The first kappa shape index (κ1) is 30.1. The van der Waals surface area contributed by atoms with E-state index < -0.39 is 22.2 Å². The molecule has 0 fully saturated rings. The zero-order chi connectivity index (χ0) is 30.4. The fourth-order valence-corrected chi connectivity index (χ4v) is 6.25. The van der Waals surface area contributed by atoms with E-state index >= 15 is 0 Å². The number of allylic oxidation sites excluding steroid dienone is 1. The predicted octanol–water partition coefficient (Wildman–Crippen LogP) is 4.20. The van der Waals surface area contributed by atoms with E-state index in [0.717, 1.165) is 15.3 Å². The highest BCUT2D eigenvalue weighted by molar-refractivity contribution is 7.89. The van der Waals surface area contributed by atoms with E-state index in [-0.39, 0.29) is 54.3 Å². The molecule has 226 valence electrons. The number of rotatable bonds is 12. The van der Waals surface area contributed by atoms with Gasteiger partial charge in [-0.2, -0.15) is 4.31 Å². The lowest BCUT2D eigenvalue weighted by atomic mass is 9.92. The molecule has 2 atom stereocenters. The molecule has 1 amide bonds. The molecule has 1 aromatic heterocycles.